The van der Waals surface area contributed by atoms with Gasteiger partial charge in [0.15, 0.2) is 0 Å². The van der Waals surface area contributed by atoms with Gasteiger partial charge in [0, 0.05) is 10.8 Å². The number of fused-ring (bicyclic) bond motifs is 13. The van der Waals surface area contributed by atoms with Crippen molar-refractivity contribution in [1.29, 1.82) is 0 Å². The van der Waals surface area contributed by atoms with Crippen LogP contribution < -0.4 is 0 Å². The Kier molecular flexibility index (Phi) is 6.95. The molecule has 0 nitrogen and oxygen atoms in total. The van der Waals surface area contributed by atoms with E-state index in [-0.39, 0.29) is 10.8 Å². The van der Waals surface area contributed by atoms with Gasteiger partial charge in [-0.25, -0.2) is 0 Å². The van der Waals surface area contributed by atoms with Gasteiger partial charge in [0.05, 0.1) is 0 Å². The van der Waals surface area contributed by atoms with E-state index in [2.05, 4.69) is 201 Å². The molecule has 0 heteroatoms. The average Bonchev–Trinajstić information content (AvgIpc) is 3.78. The number of rotatable bonds is 2. The fourth-order valence-corrected chi connectivity index (χ4v) is 12.4. The summed E-state index contributed by atoms with van der Waals surface area (Å²) in [6.07, 6.45) is 0. The first-order valence-corrected chi connectivity index (χ1v) is 22.4. The normalized spacial score (nSPS) is 14.7. The Bertz CT molecular complexity index is 3720. The smallest absolute Gasteiger partial charge is 0.0159 e. The molecule has 0 saturated heterocycles. The summed E-state index contributed by atoms with van der Waals surface area (Å²) in [5.41, 5.74) is 26.9. The van der Waals surface area contributed by atoms with Crippen molar-refractivity contribution in [3.05, 3.63) is 190 Å². The second-order valence-electron chi connectivity index (χ2n) is 19.9. The zero-order chi connectivity index (χ0) is 42.1. The summed E-state index contributed by atoms with van der Waals surface area (Å²) in [5, 5.41) is 10.4. The molecule has 0 unspecified atom stereocenters. The lowest BCUT2D eigenvalue weighted by Crippen LogP contribution is -2.15. The zero-order valence-corrected chi connectivity index (χ0v) is 36.9. The second-order valence-corrected chi connectivity index (χ2v) is 19.9. The Morgan fingerprint density at radius 3 is 1.29 bits per heavy atom. The summed E-state index contributed by atoms with van der Waals surface area (Å²) in [4.78, 5) is 0. The van der Waals surface area contributed by atoms with Gasteiger partial charge < -0.3 is 0 Å². The van der Waals surface area contributed by atoms with Crippen molar-refractivity contribution < 1.29 is 0 Å². The minimum Gasteiger partial charge on any atom is -0.0616 e. The predicted octanol–water partition coefficient (Wildman–Crippen LogP) is 17.1. The molecular formula is C62H48. The lowest BCUT2D eigenvalue weighted by Gasteiger charge is -2.26. The van der Waals surface area contributed by atoms with Gasteiger partial charge in [0.1, 0.15) is 0 Å². The largest absolute Gasteiger partial charge is 0.0616 e. The first-order valence-electron chi connectivity index (χ1n) is 22.4. The number of hydrogen-bond acceptors (Lipinski definition) is 0. The SMILES string of the molecule is Cc1ccc2c(c1)C(C)(C)c1cc(C)cc(-c3c4c(c(-c5cc(C)cc6c5-c5ccc(C)cc5C6(C)C)c5cc6ccccc6cc35)-c3cc5ccccc5c5cccc-4c35)c1-2. The molecule has 0 spiro atoms. The van der Waals surface area contributed by atoms with Gasteiger partial charge in [-0.05, 0) is 178 Å². The van der Waals surface area contributed by atoms with Crippen LogP contribution >= 0.6 is 0 Å². The van der Waals surface area contributed by atoms with Crippen LogP contribution in [0, 0.1) is 27.7 Å². The van der Waals surface area contributed by atoms with E-state index >= 15 is 0 Å². The van der Waals surface area contributed by atoms with Gasteiger partial charge >= 0.3 is 0 Å². The number of hydrogen-bond donors (Lipinski definition) is 0. The molecule has 0 bridgehead atoms. The Morgan fingerprint density at radius 1 is 0.274 bits per heavy atom. The maximum absolute atomic E-state index is 2.53. The Balaban J connectivity index is 1.30. The van der Waals surface area contributed by atoms with Gasteiger partial charge in [-0.1, -0.05) is 177 Å². The van der Waals surface area contributed by atoms with Crippen LogP contribution in [0.5, 0.6) is 0 Å². The molecule has 3 aliphatic rings. The summed E-state index contributed by atoms with van der Waals surface area (Å²) < 4.78 is 0. The summed E-state index contributed by atoms with van der Waals surface area (Å²) in [7, 11) is 0. The third kappa shape index (κ3) is 4.52. The predicted molar refractivity (Wildman–Crippen MR) is 266 cm³/mol. The van der Waals surface area contributed by atoms with E-state index in [0.717, 1.165) is 0 Å². The fraction of sp³-hybridized carbons (Fsp3) is 0.161. The van der Waals surface area contributed by atoms with Crippen molar-refractivity contribution >= 4 is 43.1 Å². The Labute approximate surface area is 364 Å². The van der Waals surface area contributed by atoms with Crippen molar-refractivity contribution in [1.82, 2.24) is 0 Å². The Morgan fingerprint density at radius 2 is 0.742 bits per heavy atom. The standard InChI is InChI=1S/C62H48/c1-33-20-22-42-50(26-33)61(5,6)52-28-35(3)24-47(55(42)52)57-45-30-37-14-9-10-15-38(37)31-46(45)58(48-25-36(4)29-53-56(48)43-23-21-34(2)27-51(43)62(53,7)8)60-49-32-39-16-11-12-17-40(39)41-18-13-19-44(54(41)49)59(57)60/h9-32H,1-8H3. The topological polar surface area (TPSA) is 0 Å². The minimum atomic E-state index is -0.136. The van der Waals surface area contributed by atoms with Crippen molar-refractivity contribution in [2.75, 3.05) is 0 Å². The molecule has 10 aromatic carbocycles. The first kappa shape index (κ1) is 35.9. The van der Waals surface area contributed by atoms with E-state index in [1.54, 1.807) is 0 Å². The molecule has 0 amide bonds. The van der Waals surface area contributed by atoms with Crippen molar-refractivity contribution in [3.63, 3.8) is 0 Å². The lowest BCUT2D eigenvalue weighted by molar-refractivity contribution is 0.659. The van der Waals surface area contributed by atoms with Crippen LogP contribution in [0.2, 0.25) is 0 Å². The van der Waals surface area contributed by atoms with Crippen molar-refractivity contribution in [2.45, 2.75) is 66.2 Å². The highest BCUT2D eigenvalue weighted by atomic mass is 14.4. The maximum atomic E-state index is 2.53. The molecule has 3 aliphatic carbocycles. The van der Waals surface area contributed by atoms with Gasteiger partial charge in [0.25, 0.3) is 0 Å². The van der Waals surface area contributed by atoms with Crippen LogP contribution in [-0.4, -0.2) is 0 Å². The molecule has 0 N–H and O–H groups in total. The molecule has 0 saturated carbocycles. The van der Waals surface area contributed by atoms with E-state index in [0.29, 0.717) is 0 Å². The molecule has 0 fully saturated rings. The van der Waals surface area contributed by atoms with Gasteiger partial charge in [0.2, 0.25) is 0 Å². The molecule has 10 aromatic rings. The maximum Gasteiger partial charge on any atom is 0.0159 e. The van der Waals surface area contributed by atoms with Crippen LogP contribution in [-0.2, 0) is 10.8 Å². The zero-order valence-electron chi connectivity index (χ0n) is 36.9. The van der Waals surface area contributed by atoms with Crippen LogP contribution in [0.4, 0.5) is 0 Å². The van der Waals surface area contributed by atoms with E-state index in [1.165, 1.54) is 154 Å². The van der Waals surface area contributed by atoms with Crippen LogP contribution in [0.1, 0.15) is 72.2 Å². The molecule has 0 atom stereocenters. The molecular weight excluding hydrogens is 745 g/mol. The van der Waals surface area contributed by atoms with E-state index in [1.807, 2.05) is 0 Å². The number of benzene rings is 10. The third-order valence-electron chi connectivity index (χ3n) is 15.3. The molecule has 0 aromatic heterocycles. The minimum absolute atomic E-state index is 0.134. The summed E-state index contributed by atoms with van der Waals surface area (Å²) in [6, 6.07) is 57.0. The second kappa shape index (κ2) is 12.0. The molecule has 296 valence electrons. The van der Waals surface area contributed by atoms with E-state index in [9.17, 15) is 0 Å². The molecule has 0 heterocycles. The van der Waals surface area contributed by atoms with Crippen LogP contribution in [0.25, 0.3) is 110 Å². The molecule has 0 radical (unpaired) electrons. The van der Waals surface area contributed by atoms with E-state index < -0.39 is 0 Å². The average molecular weight is 793 g/mol. The molecule has 13 rings (SSSR count). The highest BCUT2D eigenvalue weighted by Crippen LogP contribution is 2.63. The molecule has 0 aliphatic heterocycles. The lowest BCUT2D eigenvalue weighted by atomic mass is 9.76. The van der Waals surface area contributed by atoms with Crippen molar-refractivity contribution in [2.24, 2.45) is 0 Å². The van der Waals surface area contributed by atoms with Gasteiger partial charge in [-0.15, -0.1) is 0 Å². The quantitative estimate of drug-likeness (QED) is 0.121. The van der Waals surface area contributed by atoms with Crippen LogP contribution in [0.3, 0.4) is 0 Å². The fourth-order valence-electron chi connectivity index (χ4n) is 12.4. The monoisotopic (exact) mass is 792 g/mol. The van der Waals surface area contributed by atoms with E-state index in [4.69, 9.17) is 0 Å². The highest BCUT2D eigenvalue weighted by molar-refractivity contribution is 6.32. The van der Waals surface area contributed by atoms with Crippen molar-refractivity contribution in [3.8, 4) is 66.8 Å². The summed E-state index contributed by atoms with van der Waals surface area (Å²) in [6.45, 7) is 18.8. The highest BCUT2D eigenvalue weighted by Gasteiger charge is 2.42. The first-order chi connectivity index (χ1) is 29.9. The third-order valence-corrected chi connectivity index (χ3v) is 15.3. The molecule has 62 heavy (non-hydrogen) atoms. The van der Waals surface area contributed by atoms with Crippen LogP contribution in [0.15, 0.2) is 146 Å². The summed E-state index contributed by atoms with van der Waals surface area (Å²) >= 11 is 0. The Hall–Kier alpha value is -6.76. The van der Waals surface area contributed by atoms with Gasteiger partial charge in [-0.3, -0.25) is 0 Å². The number of aryl methyl sites for hydroxylation is 4. The van der Waals surface area contributed by atoms with Gasteiger partial charge in [-0.2, -0.15) is 0 Å². The summed E-state index contributed by atoms with van der Waals surface area (Å²) in [5.74, 6) is 0.